The van der Waals surface area contributed by atoms with E-state index in [1.807, 2.05) is 0 Å². The number of aliphatic hydroxyl groups is 1. The van der Waals surface area contributed by atoms with Gasteiger partial charge in [0, 0.05) is 25.7 Å². The van der Waals surface area contributed by atoms with Gasteiger partial charge in [-0.3, -0.25) is 37.3 Å². The van der Waals surface area contributed by atoms with Crippen LogP contribution in [0.3, 0.4) is 0 Å². The Hall–Kier alpha value is -1.94. The number of ether oxygens (including phenoxy) is 4. The first-order chi connectivity index (χ1) is 48.5. The maximum Gasteiger partial charge on any atom is 0.472 e. The van der Waals surface area contributed by atoms with E-state index in [4.69, 9.17) is 37.0 Å². The minimum atomic E-state index is -4.96. The average molecular weight is 1470 g/mol. The predicted molar refractivity (Wildman–Crippen MR) is 409 cm³/mol. The highest BCUT2D eigenvalue weighted by molar-refractivity contribution is 7.47. The van der Waals surface area contributed by atoms with Gasteiger partial charge in [0.2, 0.25) is 0 Å². The van der Waals surface area contributed by atoms with Crippen molar-refractivity contribution < 1.29 is 80.2 Å². The zero-order chi connectivity index (χ0) is 73.4. The van der Waals surface area contributed by atoms with E-state index in [0.29, 0.717) is 25.7 Å². The molecule has 0 amide bonds. The van der Waals surface area contributed by atoms with Crippen LogP contribution in [0.1, 0.15) is 433 Å². The molecule has 3 N–H and O–H groups in total. The third-order valence-corrected chi connectivity index (χ3v) is 20.9. The Bertz CT molecular complexity index is 1910. The largest absolute Gasteiger partial charge is 0.472 e. The molecule has 0 heterocycles. The molecule has 2 unspecified atom stereocenters. The van der Waals surface area contributed by atoms with E-state index < -0.39 is 97.5 Å². The van der Waals surface area contributed by atoms with E-state index in [0.717, 1.165) is 95.8 Å². The Balaban J connectivity index is 5.22. The molecule has 0 spiro atoms. The van der Waals surface area contributed by atoms with Crippen molar-refractivity contribution in [2.45, 2.75) is 451 Å². The summed E-state index contributed by atoms with van der Waals surface area (Å²) in [6, 6.07) is 0. The van der Waals surface area contributed by atoms with Crippen molar-refractivity contribution in [3.05, 3.63) is 0 Å². The number of hydrogen-bond acceptors (Lipinski definition) is 15. The standard InChI is InChI=1S/C81H158O17P2/c1-6-9-12-15-18-21-24-27-36-40-45-50-55-60-65-79(84)92-71-77(98-81(86)67-62-57-52-47-42-37-33-31-29-28-30-32-35-38-43-48-53-58-63-74(4)5)73-96-100(89,90)94-69-75(82)68-93-99(87,88)95-72-76(70-91-78(83)64-59-54-49-44-39-26-23-20-17-14-11-8-3)97-80(85)66-61-56-51-46-41-34-25-22-19-16-13-10-7-2/h74-77,82H,6-73H2,1-5H3,(H,87,88)(H,89,90)/t75-,76+,77+/m0/s1. The van der Waals surface area contributed by atoms with Gasteiger partial charge in [0.25, 0.3) is 0 Å². The molecule has 0 aromatic heterocycles. The van der Waals surface area contributed by atoms with E-state index in [2.05, 4.69) is 34.6 Å². The topological polar surface area (TPSA) is 237 Å². The normalized spacial score (nSPS) is 13.8. The number of hydrogen-bond donors (Lipinski definition) is 3. The summed E-state index contributed by atoms with van der Waals surface area (Å²) in [4.78, 5) is 73.0. The van der Waals surface area contributed by atoms with Crippen LogP contribution < -0.4 is 0 Å². The van der Waals surface area contributed by atoms with Crippen molar-refractivity contribution in [3.63, 3.8) is 0 Å². The third kappa shape index (κ3) is 74.3. The van der Waals surface area contributed by atoms with Gasteiger partial charge in [-0.25, -0.2) is 9.13 Å². The quantitative estimate of drug-likeness (QED) is 0.0222. The Morgan fingerprint density at radius 3 is 0.680 bits per heavy atom. The molecule has 0 aromatic carbocycles. The summed E-state index contributed by atoms with van der Waals surface area (Å²) in [6.07, 6.45) is 65.1. The smallest absolute Gasteiger partial charge is 0.462 e. The maximum absolute atomic E-state index is 13.1. The molecule has 0 aliphatic heterocycles. The van der Waals surface area contributed by atoms with Gasteiger partial charge in [0.15, 0.2) is 12.2 Å². The summed E-state index contributed by atoms with van der Waals surface area (Å²) >= 11 is 0. The molecular formula is C81H158O17P2. The first kappa shape index (κ1) is 98.1. The summed E-state index contributed by atoms with van der Waals surface area (Å²) in [7, 11) is -9.92. The van der Waals surface area contributed by atoms with Gasteiger partial charge < -0.3 is 33.8 Å². The van der Waals surface area contributed by atoms with Crippen molar-refractivity contribution in [1.82, 2.24) is 0 Å². The van der Waals surface area contributed by atoms with Crippen molar-refractivity contribution >= 4 is 39.5 Å². The number of phosphoric acid groups is 2. The van der Waals surface area contributed by atoms with Crippen molar-refractivity contribution in [1.29, 1.82) is 0 Å². The number of unbranched alkanes of at least 4 members (excludes halogenated alkanes) is 53. The fourth-order valence-corrected chi connectivity index (χ4v) is 14.2. The summed E-state index contributed by atoms with van der Waals surface area (Å²) in [6.45, 7) is 7.37. The minimum Gasteiger partial charge on any atom is -0.462 e. The number of phosphoric ester groups is 2. The SMILES string of the molecule is CCCCCCCCCCCCCCCCC(=O)OC[C@H](COP(=O)(O)OC[C@@H](O)COP(=O)(O)OC[C@@H](COC(=O)CCCCCCCCCCCCCC)OC(=O)CCCCCCCCCCCCCCC)OC(=O)CCCCCCCCCCCCCCCCCCCCC(C)C. The molecular weight excluding hydrogens is 1310 g/mol. The number of carbonyl (C=O) groups excluding carboxylic acids is 4. The molecule has 5 atom stereocenters. The van der Waals surface area contributed by atoms with Crippen LogP contribution in [0.4, 0.5) is 0 Å². The van der Waals surface area contributed by atoms with Crippen LogP contribution >= 0.6 is 15.6 Å². The van der Waals surface area contributed by atoms with E-state index in [1.165, 1.54) is 257 Å². The van der Waals surface area contributed by atoms with Crippen molar-refractivity contribution in [3.8, 4) is 0 Å². The van der Waals surface area contributed by atoms with E-state index in [1.54, 1.807) is 0 Å². The zero-order valence-corrected chi connectivity index (χ0v) is 67.1. The molecule has 0 aliphatic carbocycles. The number of aliphatic hydroxyl groups excluding tert-OH is 1. The van der Waals surface area contributed by atoms with Gasteiger partial charge in [0.05, 0.1) is 26.4 Å². The third-order valence-electron chi connectivity index (χ3n) is 19.0. The average Bonchev–Trinajstić information content (AvgIpc) is 1.06. The van der Waals surface area contributed by atoms with Crippen molar-refractivity contribution in [2.75, 3.05) is 39.6 Å². The number of rotatable bonds is 81. The van der Waals surface area contributed by atoms with Crippen LogP contribution in [0.2, 0.25) is 0 Å². The summed E-state index contributed by atoms with van der Waals surface area (Å²) in [5.41, 5.74) is 0. The van der Waals surface area contributed by atoms with E-state index in [9.17, 15) is 43.2 Å². The van der Waals surface area contributed by atoms with Gasteiger partial charge in [-0.2, -0.15) is 0 Å². The Kier molecular flexibility index (Phi) is 72.5. The maximum atomic E-state index is 13.1. The van der Waals surface area contributed by atoms with Crippen LogP contribution in [0.25, 0.3) is 0 Å². The van der Waals surface area contributed by atoms with Gasteiger partial charge in [-0.15, -0.1) is 0 Å². The second kappa shape index (κ2) is 73.9. The summed E-state index contributed by atoms with van der Waals surface area (Å²) in [5.74, 6) is -1.28. The fourth-order valence-electron chi connectivity index (χ4n) is 12.6. The highest BCUT2D eigenvalue weighted by Gasteiger charge is 2.30. The van der Waals surface area contributed by atoms with Crippen LogP contribution in [-0.4, -0.2) is 96.7 Å². The van der Waals surface area contributed by atoms with E-state index >= 15 is 0 Å². The first-order valence-corrected chi connectivity index (χ1v) is 45.1. The fraction of sp³-hybridized carbons (Fsp3) is 0.951. The highest BCUT2D eigenvalue weighted by Crippen LogP contribution is 2.45. The molecule has 0 saturated carbocycles. The zero-order valence-electron chi connectivity index (χ0n) is 65.3. The van der Waals surface area contributed by atoms with Crippen LogP contribution in [-0.2, 0) is 65.4 Å². The second-order valence-electron chi connectivity index (χ2n) is 29.6. The Morgan fingerprint density at radius 2 is 0.460 bits per heavy atom. The lowest BCUT2D eigenvalue weighted by atomic mass is 10.0. The molecule has 0 rings (SSSR count). The molecule has 19 heteroatoms. The lowest BCUT2D eigenvalue weighted by Crippen LogP contribution is -2.30. The lowest BCUT2D eigenvalue weighted by molar-refractivity contribution is -0.161. The van der Waals surface area contributed by atoms with Crippen LogP contribution in [0.5, 0.6) is 0 Å². The molecule has 0 radical (unpaired) electrons. The van der Waals surface area contributed by atoms with Gasteiger partial charge in [-0.1, -0.05) is 381 Å². The predicted octanol–water partition coefficient (Wildman–Crippen LogP) is 24.4. The van der Waals surface area contributed by atoms with Crippen LogP contribution in [0, 0.1) is 5.92 Å². The lowest BCUT2D eigenvalue weighted by Gasteiger charge is -2.21. The highest BCUT2D eigenvalue weighted by atomic mass is 31.2. The van der Waals surface area contributed by atoms with Gasteiger partial charge in [0.1, 0.15) is 19.3 Å². The van der Waals surface area contributed by atoms with Gasteiger partial charge >= 0.3 is 39.5 Å². The minimum absolute atomic E-state index is 0.108. The molecule has 0 fully saturated rings. The van der Waals surface area contributed by atoms with Gasteiger partial charge in [-0.05, 0) is 31.6 Å². The molecule has 100 heavy (non-hydrogen) atoms. The second-order valence-corrected chi connectivity index (χ2v) is 32.5. The molecule has 0 aliphatic rings. The summed E-state index contributed by atoms with van der Waals surface area (Å²) in [5, 5.41) is 10.6. The van der Waals surface area contributed by atoms with E-state index in [-0.39, 0.29) is 25.7 Å². The molecule has 0 aromatic rings. The molecule has 17 nitrogen and oxygen atoms in total. The summed E-state index contributed by atoms with van der Waals surface area (Å²) < 4.78 is 68.7. The Labute approximate surface area is 613 Å². The monoisotopic (exact) mass is 1470 g/mol. The first-order valence-electron chi connectivity index (χ1n) is 42.1. The van der Waals surface area contributed by atoms with Crippen LogP contribution in [0.15, 0.2) is 0 Å². The molecule has 0 bridgehead atoms. The Morgan fingerprint density at radius 1 is 0.270 bits per heavy atom. The molecule has 594 valence electrons. The van der Waals surface area contributed by atoms with Crippen molar-refractivity contribution in [2.24, 2.45) is 5.92 Å². The molecule has 0 saturated heterocycles. The number of carbonyl (C=O) groups is 4. The number of esters is 4.